The molecule has 92 valence electrons. The van der Waals surface area contributed by atoms with E-state index in [9.17, 15) is 14.9 Å². The summed E-state index contributed by atoms with van der Waals surface area (Å²) >= 11 is 0. The molecule has 0 aliphatic carbocycles. The van der Waals surface area contributed by atoms with E-state index in [0.29, 0.717) is 5.56 Å². The average molecular weight is 247 g/mol. The molecule has 7 nitrogen and oxygen atoms in total. The van der Waals surface area contributed by atoms with Crippen LogP contribution >= 0.6 is 0 Å². The molecule has 2 aromatic rings. The molecule has 0 atom stereocenters. The minimum atomic E-state index is -1.13. The molecule has 2 rings (SSSR count). The lowest BCUT2D eigenvalue weighted by Gasteiger charge is -2.05. The summed E-state index contributed by atoms with van der Waals surface area (Å²) in [5, 5.41) is 23.6. The van der Waals surface area contributed by atoms with Crippen LogP contribution in [0.4, 0.5) is 5.69 Å². The molecule has 1 N–H and O–H groups in total. The van der Waals surface area contributed by atoms with Crippen LogP contribution in [-0.4, -0.2) is 25.8 Å². The van der Waals surface area contributed by atoms with Crippen molar-refractivity contribution in [2.24, 2.45) is 0 Å². The van der Waals surface area contributed by atoms with Gasteiger partial charge in [-0.2, -0.15) is 5.10 Å². The molecule has 1 aromatic heterocycles. The zero-order valence-corrected chi connectivity index (χ0v) is 9.40. The Morgan fingerprint density at radius 1 is 1.50 bits per heavy atom. The molecule has 1 heterocycles. The van der Waals surface area contributed by atoms with Crippen LogP contribution in [0.25, 0.3) is 5.69 Å². The van der Waals surface area contributed by atoms with Crippen LogP contribution in [0.2, 0.25) is 0 Å². The largest absolute Gasteiger partial charge is 0.478 e. The van der Waals surface area contributed by atoms with Gasteiger partial charge in [-0.05, 0) is 12.5 Å². The van der Waals surface area contributed by atoms with E-state index in [1.54, 1.807) is 19.1 Å². The maximum atomic E-state index is 10.9. The van der Waals surface area contributed by atoms with Gasteiger partial charge >= 0.3 is 5.97 Å². The number of nitro benzene ring substituents is 1. The summed E-state index contributed by atoms with van der Waals surface area (Å²) in [7, 11) is 0. The topological polar surface area (TPSA) is 98.3 Å². The van der Waals surface area contributed by atoms with E-state index in [4.69, 9.17) is 5.11 Å². The molecular formula is C11H9N3O4. The number of nitro groups is 1. The molecule has 0 amide bonds. The maximum Gasteiger partial charge on any atom is 0.338 e. The number of carbonyl (C=O) groups is 1. The number of hydrogen-bond acceptors (Lipinski definition) is 4. The van der Waals surface area contributed by atoms with Gasteiger partial charge in [0.25, 0.3) is 5.69 Å². The van der Waals surface area contributed by atoms with Crippen molar-refractivity contribution in [2.45, 2.75) is 6.92 Å². The van der Waals surface area contributed by atoms with E-state index in [0.717, 1.165) is 6.20 Å². The van der Waals surface area contributed by atoms with Crippen molar-refractivity contribution < 1.29 is 14.8 Å². The minimum absolute atomic E-state index is 0.0208. The van der Waals surface area contributed by atoms with Crippen LogP contribution in [0, 0.1) is 17.0 Å². The smallest absolute Gasteiger partial charge is 0.338 e. The molecular weight excluding hydrogens is 238 g/mol. The zero-order chi connectivity index (χ0) is 13.3. The number of aromatic nitrogens is 2. The van der Waals surface area contributed by atoms with Gasteiger partial charge in [-0.15, -0.1) is 0 Å². The van der Waals surface area contributed by atoms with Gasteiger partial charge in [0.2, 0.25) is 0 Å². The Balaban J connectivity index is 2.62. The second-order valence-corrected chi connectivity index (χ2v) is 3.68. The van der Waals surface area contributed by atoms with Crippen LogP contribution in [0.5, 0.6) is 0 Å². The van der Waals surface area contributed by atoms with Crippen molar-refractivity contribution in [3.63, 3.8) is 0 Å². The molecule has 0 aliphatic rings. The molecule has 7 heteroatoms. The number of carboxylic acids is 1. The fraction of sp³-hybridized carbons (Fsp3) is 0.0909. The van der Waals surface area contributed by atoms with Gasteiger partial charge in [0, 0.05) is 12.3 Å². The molecule has 0 saturated carbocycles. The number of hydrogen-bond donors (Lipinski definition) is 1. The van der Waals surface area contributed by atoms with E-state index in [2.05, 4.69) is 5.10 Å². The summed E-state index contributed by atoms with van der Waals surface area (Å²) < 4.78 is 1.21. The number of carboxylic acid groups (broad SMARTS) is 1. The third-order valence-corrected chi connectivity index (χ3v) is 2.47. The number of nitrogens with zero attached hydrogens (tertiary/aromatic N) is 3. The third-order valence-electron chi connectivity index (χ3n) is 2.47. The zero-order valence-electron chi connectivity index (χ0n) is 9.40. The molecule has 0 radical (unpaired) electrons. The highest BCUT2D eigenvalue weighted by Crippen LogP contribution is 2.25. The Morgan fingerprint density at radius 2 is 2.22 bits per heavy atom. The van der Waals surface area contributed by atoms with Gasteiger partial charge in [-0.25, -0.2) is 9.48 Å². The van der Waals surface area contributed by atoms with Crippen molar-refractivity contribution >= 4 is 11.7 Å². The van der Waals surface area contributed by atoms with Crippen LogP contribution in [0.3, 0.4) is 0 Å². The van der Waals surface area contributed by atoms with Gasteiger partial charge in [0.1, 0.15) is 5.69 Å². The van der Waals surface area contributed by atoms with Gasteiger partial charge < -0.3 is 5.11 Å². The average Bonchev–Trinajstić information content (AvgIpc) is 2.77. The van der Waals surface area contributed by atoms with E-state index in [1.165, 1.54) is 16.9 Å². The number of aryl methyl sites for hydroxylation is 1. The lowest BCUT2D eigenvalue weighted by atomic mass is 10.1. The first-order chi connectivity index (χ1) is 8.50. The number of rotatable bonds is 3. The fourth-order valence-electron chi connectivity index (χ4n) is 1.64. The summed E-state index contributed by atoms with van der Waals surface area (Å²) in [6, 6.07) is 4.62. The Morgan fingerprint density at radius 3 is 2.78 bits per heavy atom. The second-order valence-electron chi connectivity index (χ2n) is 3.68. The van der Waals surface area contributed by atoms with Crippen LogP contribution in [0.1, 0.15) is 15.9 Å². The van der Waals surface area contributed by atoms with Crippen LogP contribution in [0.15, 0.2) is 30.6 Å². The second kappa shape index (κ2) is 4.28. The fourth-order valence-corrected chi connectivity index (χ4v) is 1.64. The number of para-hydroxylation sites is 1. The van der Waals surface area contributed by atoms with Crippen molar-refractivity contribution in [1.82, 2.24) is 9.78 Å². The lowest BCUT2D eigenvalue weighted by Crippen LogP contribution is -2.03. The lowest BCUT2D eigenvalue weighted by molar-refractivity contribution is -0.384. The highest BCUT2D eigenvalue weighted by atomic mass is 16.6. The first-order valence-corrected chi connectivity index (χ1v) is 5.03. The Hall–Kier alpha value is -2.70. The monoisotopic (exact) mass is 247 g/mol. The summed E-state index contributed by atoms with van der Waals surface area (Å²) in [5.41, 5.74) is 0.779. The standard InChI is InChI=1S/C11H9N3O4/c1-7-3-2-4-9(14(17)18)10(7)13-6-8(5-12-13)11(15)16/h2-6H,1H3,(H,15,16). The normalized spacial score (nSPS) is 10.3. The van der Waals surface area contributed by atoms with Crippen LogP contribution < -0.4 is 0 Å². The summed E-state index contributed by atoms with van der Waals surface area (Å²) in [6.07, 6.45) is 2.40. The SMILES string of the molecule is Cc1cccc([N+](=O)[O-])c1-n1cc(C(=O)O)cn1. The van der Waals surface area contributed by atoms with Crippen molar-refractivity contribution in [1.29, 1.82) is 0 Å². The molecule has 0 saturated heterocycles. The maximum absolute atomic E-state index is 10.9. The van der Waals surface area contributed by atoms with Crippen molar-refractivity contribution in [3.05, 3.63) is 51.8 Å². The molecule has 18 heavy (non-hydrogen) atoms. The minimum Gasteiger partial charge on any atom is -0.478 e. The molecule has 0 fully saturated rings. The van der Waals surface area contributed by atoms with Crippen molar-refractivity contribution in [3.8, 4) is 5.69 Å². The van der Waals surface area contributed by atoms with E-state index in [1.807, 2.05) is 0 Å². The Bertz CT molecular complexity index is 633. The van der Waals surface area contributed by atoms with E-state index < -0.39 is 10.9 Å². The first-order valence-electron chi connectivity index (χ1n) is 5.03. The summed E-state index contributed by atoms with van der Waals surface area (Å²) in [5.74, 6) is -1.13. The van der Waals surface area contributed by atoms with Gasteiger partial charge in [0.15, 0.2) is 0 Å². The Kier molecular flexibility index (Phi) is 2.80. The quantitative estimate of drug-likeness (QED) is 0.658. The van der Waals surface area contributed by atoms with E-state index >= 15 is 0 Å². The van der Waals surface area contributed by atoms with Crippen LogP contribution in [-0.2, 0) is 0 Å². The predicted octanol–water partition coefficient (Wildman–Crippen LogP) is 1.79. The molecule has 0 bridgehead atoms. The third kappa shape index (κ3) is 1.93. The number of aromatic carboxylic acids is 1. The molecule has 0 spiro atoms. The number of benzene rings is 1. The summed E-state index contributed by atoms with van der Waals surface area (Å²) in [6.45, 7) is 1.70. The predicted molar refractivity (Wildman–Crippen MR) is 61.9 cm³/mol. The van der Waals surface area contributed by atoms with Gasteiger partial charge in [0.05, 0.1) is 16.7 Å². The first kappa shape index (κ1) is 11.8. The summed E-state index contributed by atoms with van der Waals surface area (Å²) in [4.78, 5) is 21.2. The highest BCUT2D eigenvalue weighted by Gasteiger charge is 2.19. The molecule has 0 aliphatic heterocycles. The van der Waals surface area contributed by atoms with Gasteiger partial charge in [-0.3, -0.25) is 10.1 Å². The van der Waals surface area contributed by atoms with Gasteiger partial charge in [-0.1, -0.05) is 12.1 Å². The van der Waals surface area contributed by atoms with Crippen molar-refractivity contribution in [2.75, 3.05) is 0 Å². The highest BCUT2D eigenvalue weighted by molar-refractivity contribution is 5.87. The molecule has 0 unspecified atom stereocenters. The van der Waals surface area contributed by atoms with E-state index in [-0.39, 0.29) is 16.9 Å². The Labute approximate surface area is 101 Å². The molecule has 1 aromatic carbocycles.